The zero-order valence-corrected chi connectivity index (χ0v) is 17.7. The second kappa shape index (κ2) is 8.59. The van der Waals surface area contributed by atoms with Crippen molar-refractivity contribution in [1.82, 2.24) is 0 Å². The molecule has 0 aliphatic heterocycles. The van der Waals surface area contributed by atoms with Gasteiger partial charge in [0.05, 0.1) is 0 Å². The first-order valence-corrected chi connectivity index (χ1v) is 11.9. The number of nitriles is 1. The van der Waals surface area contributed by atoms with E-state index in [1.54, 1.807) is 22.7 Å². The number of nitrogens with zero attached hydrogens (tertiary/aromatic N) is 1. The van der Waals surface area contributed by atoms with E-state index in [9.17, 15) is 0 Å². The van der Waals surface area contributed by atoms with Crippen LogP contribution in [0.3, 0.4) is 0 Å². The molecule has 140 valence electrons. The van der Waals surface area contributed by atoms with Gasteiger partial charge in [-0.25, -0.2) is 0 Å². The normalized spacial score (nSPS) is 20.0. The van der Waals surface area contributed by atoms with Gasteiger partial charge in [-0.15, -0.1) is 22.7 Å². The van der Waals surface area contributed by atoms with Gasteiger partial charge in [0.2, 0.25) is 0 Å². The van der Waals surface area contributed by atoms with Gasteiger partial charge in [-0.2, -0.15) is 5.26 Å². The number of rotatable bonds is 6. The van der Waals surface area contributed by atoms with Crippen LogP contribution in [0.2, 0.25) is 0 Å². The molecule has 0 bridgehead atoms. The number of hydrogen-bond acceptors (Lipinski definition) is 3. The Kier molecular flexibility index (Phi) is 5.95. The first-order valence-electron chi connectivity index (χ1n) is 10.3. The Balaban J connectivity index is 1.38. The van der Waals surface area contributed by atoms with E-state index >= 15 is 0 Å². The van der Waals surface area contributed by atoms with Crippen LogP contribution in [-0.4, -0.2) is 0 Å². The highest BCUT2D eigenvalue weighted by Crippen LogP contribution is 2.40. The van der Waals surface area contributed by atoms with Gasteiger partial charge in [0.1, 0.15) is 10.9 Å². The van der Waals surface area contributed by atoms with Gasteiger partial charge in [-0.1, -0.05) is 56.9 Å². The Bertz CT molecular complexity index is 886. The minimum atomic E-state index is 0.756. The highest BCUT2D eigenvalue weighted by Gasteiger charge is 2.22. The van der Waals surface area contributed by atoms with Gasteiger partial charge in [-0.05, 0) is 60.8 Å². The van der Waals surface area contributed by atoms with E-state index in [-0.39, 0.29) is 0 Å². The van der Waals surface area contributed by atoms with Crippen LogP contribution in [0.15, 0.2) is 36.4 Å². The van der Waals surface area contributed by atoms with Crippen molar-refractivity contribution < 1.29 is 0 Å². The van der Waals surface area contributed by atoms with Crippen molar-refractivity contribution in [3.05, 3.63) is 46.8 Å². The third-order valence-corrected chi connectivity index (χ3v) is 8.29. The summed E-state index contributed by atoms with van der Waals surface area (Å²) in [6.07, 6.45) is 11.2. The Morgan fingerprint density at radius 3 is 2.37 bits per heavy atom. The van der Waals surface area contributed by atoms with Crippen LogP contribution >= 0.6 is 22.7 Å². The Morgan fingerprint density at radius 2 is 1.70 bits per heavy atom. The first-order chi connectivity index (χ1) is 13.3. The zero-order valence-electron chi connectivity index (χ0n) is 16.0. The smallest absolute Gasteiger partial charge is 0.110 e. The summed E-state index contributed by atoms with van der Waals surface area (Å²) in [4.78, 5) is 2.12. The Morgan fingerprint density at radius 1 is 0.963 bits per heavy atom. The maximum Gasteiger partial charge on any atom is 0.110 e. The van der Waals surface area contributed by atoms with Crippen LogP contribution in [0.5, 0.6) is 0 Å². The van der Waals surface area contributed by atoms with Crippen LogP contribution in [0, 0.1) is 17.2 Å². The van der Waals surface area contributed by atoms with E-state index in [0.717, 1.165) is 16.7 Å². The van der Waals surface area contributed by atoms with Gasteiger partial charge in [-0.3, -0.25) is 0 Å². The second-order valence-electron chi connectivity index (χ2n) is 7.90. The summed E-state index contributed by atoms with van der Waals surface area (Å²) in [5, 5.41) is 9.03. The van der Waals surface area contributed by atoms with E-state index in [4.69, 9.17) is 5.26 Å². The second-order valence-corrected chi connectivity index (χ2v) is 10.1. The predicted octanol–water partition coefficient (Wildman–Crippen LogP) is 8.36. The lowest BCUT2D eigenvalue weighted by Gasteiger charge is -2.29. The first kappa shape index (κ1) is 18.7. The maximum absolute atomic E-state index is 9.03. The summed E-state index contributed by atoms with van der Waals surface area (Å²) in [5.41, 5.74) is 2.83. The fraction of sp³-hybridized carbons (Fsp3) is 0.458. The summed E-state index contributed by atoms with van der Waals surface area (Å²) in [7, 11) is 0. The third-order valence-electron chi connectivity index (χ3n) is 6.05. The van der Waals surface area contributed by atoms with E-state index in [0.29, 0.717) is 0 Å². The number of benzene rings is 1. The third kappa shape index (κ3) is 4.28. The highest BCUT2D eigenvalue weighted by molar-refractivity contribution is 7.29. The molecular formula is C24H27NS2. The molecule has 0 atom stereocenters. The molecule has 1 aromatic carbocycles. The average molecular weight is 394 g/mol. The molecule has 1 fully saturated rings. The fourth-order valence-electron chi connectivity index (χ4n) is 4.42. The molecule has 27 heavy (non-hydrogen) atoms. The lowest BCUT2D eigenvalue weighted by Crippen LogP contribution is -2.13. The average Bonchev–Trinajstić information content (AvgIpc) is 3.28. The van der Waals surface area contributed by atoms with E-state index in [1.165, 1.54) is 76.8 Å². The molecule has 0 saturated heterocycles. The topological polar surface area (TPSA) is 23.8 Å². The molecule has 0 radical (unpaired) electrons. The number of hydrogen-bond donors (Lipinski definition) is 0. The molecule has 0 N–H and O–H groups in total. The van der Waals surface area contributed by atoms with Crippen LogP contribution in [-0.2, 0) is 0 Å². The van der Waals surface area contributed by atoms with Gasteiger partial charge < -0.3 is 0 Å². The summed E-state index contributed by atoms with van der Waals surface area (Å²) in [6, 6.07) is 15.8. The van der Waals surface area contributed by atoms with Gasteiger partial charge in [0.25, 0.3) is 0 Å². The number of unbranched alkanes of at least 4 members (excludes halogenated alkanes) is 2. The van der Waals surface area contributed by atoms with E-state index in [1.807, 2.05) is 6.07 Å². The molecule has 0 amide bonds. The van der Waals surface area contributed by atoms with Crippen molar-refractivity contribution in [2.45, 2.75) is 64.2 Å². The Labute approximate surface area is 170 Å². The van der Waals surface area contributed by atoms with Crippen molar-refractivity contribution in [3.63, 3.8) is 0 Å². The van der Waals surface area contributed by atoms with Crippen molar-refractivity contribution in [2.24, 2.45) is 5.92 Å². The van der Waals surface area contributed by atoms with Gasteiger partial charge in [0, 0.05) is 14.3 Å². The molecule has 1 nitrogen and oxygen atoms in total. The van der Waals surface area contributed by atoms with Crippen LogP contribution in [0.4, 0.5) is 0 Å². The van der Waals surface area contributed by atoms with Crippen LogP contribution < -0.4 is 0 Å². The molecule has 0 unspecified atom stereocenters. The quantitative estimate of drug-likeness (QED) is 0.386. The molecule has 2 aromatic heterocycles. The monoisotopic (exact) mass is 393 g/mol. The molecule has 3 aromatic rings. The van der Waals surface area contributed by atoms with Gasteiger partial charge in [0.15, 0.2) is 0 Å². The molecule has 1 saturated carbocycles. The van der Waals surface area contributed by atoms with Crippen molar-refractivity contribution in [2.75, 3.05) is 0 Å². The summed E-state index contributed by atoms with van der Waals surface area (Å²) >= 11 is 3.39. The summed E-state index contributed by atoms with van der Waals surface area (Å²) in [5.74, 6) is 1.73. The van der Waals surface area contributed by atoms with Crippen molar-refractivity contribution >= 4 is 32.1 Å². The van der Waals surface area contributed by atoms with E-state index in [2.05, 4.69) is 43.3 Å². The minimum absolute atomic E-state index is 0.756. The summed E-state index contributed by atoms with van der Waals surface area (Å²) in [6.45, 7) is 2.30. The molecule has 1 aliphatic rings. The summed E-state index contributed by atoms with van der Waals surface area (Å²) < 4.78 is 2.47. The number of thiophene rings is 2. The molecule has 1 aliphatic carbocycles. The lowest BCUT2D eigenvalue weighted by atomic mass is 9.77. The van der Waals surface area contributed by atoms with E-state index < -0.39 is 0 Å². The molecule has 0 spiro atoms. The van der Waals surface area contributed by atoms with Crippen molar-refractivity contribution in [1.29, 1.82) is 5.26 Å². The Hall–Kier alpha value is -1.63. The molecule has 2 heterocycles. The van der Waals surface area contributed by atoms with Crippen molar-refractivity contribution in [3.8, 4) is 16.5 Å². The highest BCUT2D eigenvalue weighted by atomic mass is 32.1. The van der Waals surface area contributed by atoms with Gasteiger partial charge >= 0.3 is 0 Å². The minimum Gasteiger partial charge on any atom is -0.192 e. The predicted molar refractivity (Wildman–Crippen MR) is 119 cm³/mol. The SMILES string of the molecule is CCCCC[C@H]1CC[C@H](c2ccc(-c3cc4sc(C#N)cc4s3)cc2)CC1. The molecule has 3 heteroatoms. The zero-order chi connectivity index (χ0) is 18.6. The molecule has 4 rings (SSSR count). The lowest BCUT2D eigenvalue weighted by molar-refractivity contribution is 0.303. The maximum atomic E-state index is 9.03. The van der Waals surface area contributed by atoms with Crippen LogP contribution in [0.1, 0.15) is 74.6 Å². The standard InChI is InChI=1S/C24H27NS2/c1-2-3-4-5-17-6-8-18(9-7-17)19-10-12-20(13-11-19)22-15-24-23(27-22)14-21(16-25)26-24/h10-15,17-18H,2-9H2,1H3/t17-,18-. The fourth-order valence-corrected chi connectivity index (χ4v) is 6.62. The largest absolute Gasteiger partial charge is 0.192 e. The number of fused-ring (bicyclic) bond motifs is 1. The van der Waals surface area contributed by atoms with Crippen LogP contribution in [0.25, 0.3) is 19.8 Å². The molecular weight excluding hydrogens is 366 g/mol.